The Kier molecular flexibility index (Phi) is 3.79. The van der Waals surface area contributed by atoms with E-state index in [9.17, 15) is 0 Å². The number of aromatic nitrogens is 1. The second kappa shape index (κ2) is 4.89. The van der Waals surface area contributed by atoms with Crippen molar-refractivity contribution in [2.24, 2.45) is 0 Å². The smallest absolute Gasteiger partial charge is 0.150 e. The average Bonchev–Trinajstić information content (AvgIpc) is 2.11. The van der Waals surface area contributed by atoms with Crippen LogP contribution in [0, 0.1) is 0 Å². The minimum atomic E-state index is 0.146. The normalized spacial score (nSPS) is 10.0. The summed E-state index contributed by atoms with van der Waals surface area (Å²) in [6.45, 7) is 0.779. The molecule has 1 aromatic heterocycles. The lowest BCUT2D eigenvalue weighted by atomic mass is 10.4. The van der Waals surface area contributed by atoms with Crippen molar-refractivity contribution in [3.8, 4) is 0 Å². The van der Waals surface area contributed by atoms with Gasteiger partial charge in [-0.05, 0) is 18.6 Å². The Hall–Kier alpha value is -1.00. The Labute approximate surface area is 81.7 Å². The fourth-order valence-electron chi connectivity index (χ4n) is 0.874. The maximum absolute atomic E-state index is 8.55. The number of nitrogen functional groups attached to an aromatic ring is 1. The van der Waals surface area contributed by atoms with Gasteiger partial charge in [0.2, 0.25) is 0 Å². The molecule has 0 atom stereocenters. The van der Waals surface area contributed by atoms with Crippen molar-refractivity contribution in [1.82, 2.24) is 4.98 Å². The predicted octanol–water partition coefficient (Wildman–Crippen LogP) is 1.11. The fourth-order valence-corrected chi connectivity index (χ4v) is 1.02. The summed E-state index contributed by atoms with van der Waals surface area (Å²) in [5.74, 6) is 0.570. The molecule has 0 unspecified atom stereocenters. The van der Waals surface area contributed by atoms with Gasteiger partial charge in [0.1, 0.15) is 5.15 Å². The largest absolute Gasteiger partial charge is 0.396 e. The highest BCUT2D eigenvalue weighted by molar-refractivity contribution is 6.29. The third-order valence-corrected chi connectivity index (χ3v) is 1.73. The van der Waals surface area contributed by atoms with Gasteiger partial charge in [0.15, 0.2) is 5.82 Å². The van der Waals surface area contributed by atoms with Crippen LogP contribution in [0.3, 0.4) is 0 Å². The van der Waals surface area contributed by atoms with Gasteiger partial charge >= 0.3 is 0 Å². The standard InChI is InChI=1S/C8H12ClN3O/c9-7-3-2-6(10)8(12-7)11-4-1-5-13/h2-3,13H,1,4-5,10H2,(H,11,12). The molecule has 72 valence electrons. The summed E-state index contributed by atoms with van der Waals surface area (Å²) >= 11 is 5.67. The van der Waals surface area contributed by atoms with Crippen molar-refractivity contribution in [1.29, 1.82) is 0 Å². The van der Waals surface area contributed by atoms with Gasteiger partial charge in [-0.25, -0.2) is 4.98 Å². The second-order valence-corrected chi connectivity index (χ2v) is 2.96. The first-order valence-electron chi connectivity index (χ1n) is 4.01. The van der Waals surface area contributed by atoms with Crippen LogP contribution in [0.15, 0.2) is 12.1 Å². The van der Waals surface area contributed by atoms with E-state index >= 15 is 0 Å². The monoisotopic (exact) mass is 201 g/mol. The van der Waals surface area contributed by atoms with E-state index in [1.165, 1.54) is 0 Å². The number of hydrogen-bond acceptors (Lipinski definition) is 4. The predicted molar refractivity (Wildman–Crippen MR) is 53.9 cm³/mol. The Balaban J connectivity index is 2.59. The number of nitrogens with zero attached hydrogens (tertiary/aromatic N) is 1. The zero-order valence-electron chi connectivity index (χ0n) is 7.13. The second-order valence-electron chi connectivity index (χ2n) is 2.58. The van der Waals surface area contributed by atoms with Crippen LogP contribution >= 0.6 is 11.6 Å². The molecule has 1 rings (SSSR count). The third kappa shape index (κ3) is 3.08. The van der Waals surface area contributed by atoms with Crippen molar-refractivity contribution in [2.45, 2.75) is 6.42 Å². The van der Waals surface area contributed by atoms with E-state index in [4.69, 9.17) is 22.4 Å². The molecule has 4 nitrogen and oxygen atoms in total. The van der Waals surface area contributed by atoms with E-state index in [1.807, 2.05) is 0 Å². The van der Waals surface area contributed by atoms with Crippen molar-refractivity contribution in [2.75, 3.05) is 24.2 Å². The first kappa shape index (κ1) is 10.1. The van der Waals surface area contributed by atoms with Crippen molar-refractivity contribution >= 4 is 23.1 Å². The summed E-state index contributed by atoms with van der Waals surface area (Å²) in [6.07, 6.45) is 0.660. The van der Waals surface area contributed by atoms with Crippen LogP contribution < -0.4 is 11.1 Å². The molecule has 1 heterocycles. The third-order valence-electron chi connectivity index (χ3n) is 1.52. The van der Waals surface area contributed by atoms with E-state index in [0.717, 1.165) is 0 Å². The summed E-state index contributed by atoms with van der Waals surface area (Å²) in [6, 6.07) is 3.32. The highest BCUT2D eigenvalue weighted by Crippen LogP contribution is 2.17. The number of halogens is 1. The van der Waals surface area contributed by atoms with Crippen LogP contribution in [0.2, 0.25) is 5.15 Å². The molecule has 1 aromatic rings. The number of rotatable bonds is 4. The van der Waals surface area contributed by atoms with Crippen LogP contribution in [0.1, 0.15) is 6.42 Å². The molecule has 0 radical (unpaired) electrons. The summed E-state index contributed by atoms with van der Waals surface area (Å²) in [4.78, 5) is 3.99. The van der Waals surface area contributed by atoms with Crippen molar-refractivity contribution in [3.05, 3.63) is 17.3 Å². The molecule has 0 saturated heterocycles. The van der Waals surface area contributed by atoms with E-state index in [1.54, 1.807) is 12.1 Å². The Morgan fingerprint density at radius 2 is 2.31 bits per heavy atom. The van der Waals surface area contributed by atoms with Crippen molar-refractivity contribution in [3.63, 3.8) is 0 Å². The lowest BCUT2D eigenvalue weighted by molar-refractivity contribution is 0.292. The van der Waals surface area contributed by atoms with Gasteiger partial charge in [-0.1, -0.05) is 11.6 Å². The topological polar surface area (TPSA) is 71.2 Å². The molecule has 0 amide bonds. The SMILES string of the molecule is Nc1ccc(Cl)nc1NCCCO. The highest BCUT2D eigenvalue weighted by atomic mass is 35.5. The molecule has 0 bridgehead atoms. The van der Waals surface area contributed by atoms with Gasteiger partial charge in [-0.15, -0.1) is 0 Å². The van der Waals surface area contributed by atoms with Crippen LogP contribution in [-0.4, -0.2) is 23.2 Å². The fraction of sp³-hybridized carbons (Fsp3) is 0.375. The van der Waals surface area contributed by atoms with Crippen LogP contribution in [-0.2, 0) is 0 Å². The molecule has 13 heavy (non-hydrogen) atoms. The number of aliphatic hydroxyl groups is 1. The molecule has 0 saturated carbocycles. The van der Waals surface area contributed by atoms with Crippen LogP contribution in [0.4, 0.5) is 11.5 Å². The van der Waals surface area contributed by atoms with Gasteiger partial charge in [-0.3, -0.25) is 0 Å². The molecule has 0 fully saturated rings. The first-order valence-corrected chi connectivity index (χ1v) is 4.38. The number of pyridine rings is 1. The molecule has 0 aliphatic carbocycles. The number of nitrogens with one attached hydrogen (secondary N) is 1. The molecular weight excluding hydrogens is 190 g/mol. The highest BCUT2D eigenvalue weighted by Gasteiger charge is 1.99. The Morgan fingerprint density at radius 3 is 3.00 bits per heavy atom. The number of anilines is 2. The Bertz CT molecular complexity index is 280. The quantitative estimate of drug-likeness (QED) is 0.504. The maximum Gasteiger partial charge on any atom is 0.150 e. The summed E-state index contributed by atoms with van der Waals surface area (Å²) in [7, 11) is 0. The van der Waals surface area contributed by atoms with E-state index in [-0.39, 0.29) is 6.61 Å². The molecule has 0 spiro atoms. The number of hydrogen-bond donors (Lipinski definition) is 3. The molecule has 5 heteroatoms. The summed E-state index contributed by atoms with van der Waals surface area (Å²) in [5.41, 5.74) is 6.18. The molecule has 4 N–H and O–H groups in total. The minimum Gasteiger partial charge on any atom is -0.396 e. The summed E-state index contributed by atoms with van der Waals surface area (Å²) < 4.78 is 0. The van der Waals surface area contributed by atoms with Gasteiger partial charge in [-0.2, -0.15) is 0 Å². The van der Waals surface area contributed by atoms with Gasteiger partial charge in [0.25, 0.3) is 0 Å². The first-order chi connectivity index (χ1) is 6.24. The lowest BCUT2D eigenvalue weighted by Gasteiger charge is -2.06. The molecule has 0 aliphatic rings. The maximum atomic E-state index is 8.55. The van der Waals surface area contributed by atoms with Gasteiger partial charge in [0.05, 0.1) is 5.69 Å². The molecule has 0 aliphatic heterocycles. The summed E-state index contributed by atoms with van der Waals surface area (Å²) in [5, 5.41) is 11.9. The van der Waals surface area contributed by atoms with Gasteiger partial charge < -0.3 is 16.2 Å². The van der Waals surface area contributed by atoms with Crippen LogP contribution in [0.25, 0.3) is 0 Å². The number of aliphatic hydroxyl groups excluding tert-OH is 1. The number of nitrogens with two attached hydrogens (primary N) is 1. The van der Waals surface area contributed by atoms with Gasteiger partial charge in [0, 0.05) is 13.2 Å². The average molecular weight is 202 g/mol. The van der Waals surface area contributed by atoms with E-state index in [2.05, 4.69) is 10.3 Å². The van der Waals surface area contributed by atoms with Crippen LogP contribution in [0.5, 0.6) is 0 Å². The zero-order valence-corrected chi connectivity index (χ0v) is 7.88. The zero-order chi connectivity index (χ0) is 9.68. The Morgan fingerprint density at radius 1 is 1.54 bits per heavy atom. The van der Waals surface area contributed by atoms with E-state index < -0.39 is 0 Å². The van der Waals surface area contributed by atoms with E-state index in [0.29, 0.717) is 29.6 Å². The minimum absolute atomic E-state index is 0.146. The lowest BCUT2D eigenvalue weighted by Crippen LogP contribution is -2.07. The molecule has 0 aromatic carbocycles. The van der Waals surface area contributed by atoms with Crippen molar-refractivity contribution < 1.29 is 5.11 Å². The molecular formula is C8H12ClN3O.